The molecule has 14 heavy (non-hydrogen) atoms. The summed E-state index contributed by atoms with van der Waals surface area (Å²) in [5.74, 6) is -0.0175. The van der Waals surface area contributed by atoms with Gasteiger partial charge in [-0.2, -0.15) is 0 Å². The van der Waals surface area contributed by atoms with E-state index in [2.05, 4.69) is 33.0 Å². The number of hydrogen-bond donors (Lipinski definition) is 1. The van der Waals surface area contributed by atoms with Crippen molar-refractivity contribution in [3.8, 4) is 0 Å². The van der Waals surface area contributed by atoms with E-state index in [0.29, 0.717) is 0 Å². The van der Waals surface area contributed by atoms with Crippen molar-refractivity contribution in [2.75, 3.05) is 7.11 Å². The van der Waals surface area contributed by atoms with Crippen molar-refractivity contribution >= 4 is 5.91 Å². The Labute approximate surface area is 86.2 Å². The van der Waals surface area contributed by atoms with Gasteiger partial charge in [0, 0.05) is 13.2 Å². The van der Waals surface area contributed by atoms with Crippen LogP contribution in [0.1, 0.15) is 34.6 Å². The number of rotatable bonds is 3. The van der Waals surface area contributed by atoms with Crippen LogP contribution in [0.3, 0.4) is 0 Å². The minimum Gasteiger partial charge on any atom is -0.372 e. The lowest BCUT2D eigenvalue weighted by Crippen LogP contribution is -2.37. The van der Waals surface area contributed by atoms with E-state index in [0.717, 1.165) is 0 Å². The number of carbonyl (C=O) groups excluding carboxylic acids is 1. The van der Waals surface area contributed by atoms with E-state index < -0.39 is 0 Å². The molecule has 1 N–H and O–H groups in total. The Balaban J connectivity index is 2.53. The van der Waals surface area contributed by atoms with Crippen molar-refractivity contribution in [3.05, 3.63) is 0 Å². The van der Waals surface area contributed by atoms with Gasteiger partial charge in [0.25, 0.3) is 0 Å². The Bertz CT molecular complexity index is 232. The van der Waals surface area contributed by atoms with Crippen molar-refractivity contribution in [2.45, 2.75) is 46.8 Å². The first-order valence-electron chi connectivity index (χ1n) is 5.08. The first-order chi connectivity index (χ1) is 6.25. The SMILES string of the molecule is COC(C)C(=O)NC1C(C)(C)C1(C)C. The number of methoxy groups -OCH3 is 1. The van der Waals surface area contributed by atoms with Gasteiger partial charge in [-0.05, 0) is 17.8 Å². The van der Waals surface area contributed by atoms with Crippen molar-refractivity contribution < 1.29 is 9.53 Å². The third kappa shape index (κ3) is 1.54. The summed E-state index contributed by atoms with van der Waals surface area (Å²) in [5.41, 5.74) is 0.381. The summed E-state index contributed by atoms with van der Waals surface area (Å²) >= 11 is 0. The summed E-state index contributed by atoms with van der Waals surface area (Å²) in [6.07, 6.45) is -0.359. The van der Waals surface area contributed by atoms with Gasteiger partial charge in [-0.1, -0.05) is 27.7 Å². The summed E-state index contributed by atoms with van der Waals surface area (Å²) in [6.45, 7) is 10.5. The van der Waals surface area contributed by atoms with Crippen LogP contribution in [-0.4, -0.2) is 25.2 Å². The average Bonchev–Trinajstić information content (AvgIpc) is 2.46. The minimum atomic E-state index is -0.359. The Morgan fingerprint density at radius 3 is 2.00 bits per heavy atom. The van der Waals surface area contributed by atoms with E-state index in [9.17, 15) is 4.79 Å². The largest absolute Gasteiger partial charge is 0.372 e. The predicted octanol–water partition coefficient (Wildman–Crippen LogP) is 1.57. The molecule has 0 saturated heterocycles. The van der Waals surface area contributed by atoms with Gasteiger partial charge in [-0.15, -0.1) is 0 Å². The molecule has 1 saturated carbocycles. The van der Waals surface area contributed by atoms with E-state index in [1.165, 1.54) is 0 Å². The Morgan fingerprint density at radius 2 is 1.71 bits per heavy atom. The minimum absolute atomic E-state index is 0.0175. The zero-order valence-corrected chi connectivity index (χ0v) is 9.97. The second-order valence-corrected chi connectivity index (χ2v) is 5.26. The molecular formula is C11H21NO2. The Morgan fingerprint density at radius 1 is 1.29 bits per heavy atom. The second kappa shape index (κ2) is 3.23. The number of amides is 1. The molecule has 0 aliphatic heterocycles. The molecule has 0 bridgehead atoms. The normalized spacial score (nSPS) is 25.6. The molecule has 0 heterocycles. The van der Waals surface area contributed by atoms with Gasteiger partial charge < -0.3 is 10.1 Å². The molecule has 0 aromatic heterocycles. The summed E-state index contributed by atoms with van der Waals surface area (Å²) in [7, 11) is 1.55. The van der Waals surface area contributed by atoms with Crippen LogP contribution in [0.15, 0.2) is 0 Å². The molecular weight excluding hydrogens is 178 g/mol. The molecule has 1 aliphatic carbocycles. The molecule has 3 heteroatoms. The lowest BCUT2D eigenvalue weighted by molar-refractivity contribution is -0.130. The van der Waals surface area contributed by atoms with Crippen LogP contribution in [0.25, 0.3) is 0 Å². The fraction of sp³-hybridized carbons (Fsp3) is 0.909. The van der Waals surface area contributed by atoms with Gasteiger partial charge in [0.05, 0.1) is 0 Å². The van der Waals surface area contributed by atoms with E-state index in [1.54, 1.807) is 14.0 Å². The standard InChI is InChI=1S/C11H21NO2/c1-7(14-6)8(13)12-9-10(2,3)11(9,4)5/h7,9H,1-6H3,(H,12,13). The molecule has 0 aromatic carbocycles. The zero-order valence-electron chi connectivity index (χ0n) is 9.97. The molecule has 0 spiro atoms. The molecule has 3 nitrogen and oxygen atoms in total. The van der Waals surface area contributed by atoms with Gasteiger partial charge in [-0.3, -0.25) is 4.79 Å². The fourth-order valence-electron chi connectivity index (χ4n) is 1.92. The monoisotopic (exact) mass is 199 g/mol. The van der Waals surface area contributed by atoms with Crippen LogP contribution in [0.4, 0.5) is 0 Å². The quantitative estimate of drug-likeness (QED) is 0.749. The molecule has 1 unspecified atom stereocenters. The summed E-state index contributed by atoms with van der Waals surface area (Å²) in [6, 6.07) is 0.264. The lowest BCUT2D eigenvalue weighted by atomic mass is 10.0. The highest BCUT2D eigenvalue weighted by atomic mass is 16.5. The van der Waals surface area contributed by atoms with Crippen LogP contribution in [0.5, 0.6) is 0 Å². The first-order valence-corrected chi connectivity index (χ1v) is 5.08. The number of ether oxygens (including phenoxy) is 1. The average molecular weight is 199 g/mol. The van der Waals surface area contributed by atoms with Crippen LogP contribution in [0.2, 0.25) is 0 Å². The maximum absolute atomic E-state index is 11.6. The van der Waals surface area contributed by atoms with Crippen LogP contribution in [0, 0.1) is 10.8 Å². The molecule has 1 aliphatic rings. The highest BCUT2D eigenvalue weighted by Crippen LogP contribution is 2.62. The topological polar surface area (TPSA) is 38.3 Å². The van der Waals surface area contributed by atoms with Crippen molar-refractivity contribution in [2.24, 2.45) is 10.8 Å². The Kier molecular flexibility index (Phi) is 2.65. The summed E-state index contributed by atoms with van der Waals surface area (Å²) in [4.78, 5) is 11.6. The first kappa shape index (κ1) is 11.5. The van der Waals surface area contributed by atoms with E-state index in [1.807, 2.05) is 0 Å². The highest BCUT2D eigenvalue weighted by Gasteiger charge is 2.65. The molecule has 82 valence electrons. The maximum Gasteiger partial charge on any atom is 0.249 e. The van der Waals surface area contributed by atoms with Gasteiger partial charge in [0.1, 0.15) is 6.10 Å². The van der Waals surface area contributed by atoms with E-state index >= 15 is 0 Å². The van der Waals surface area contributed by atoms with Crippen LogP contribution < -0.4 is 5.32 Å². The Hall–Kier alpha value is -0.570. The van der Waals surface area contributed by atoms with Crippen molar-refractivity contribution in [3.63, 3.8) is 0 Å². The molecule has 1 fully saturated rings. The molecule has 1 amide bonds. The van der Waals surface area contributed by atoms with Gasteiger partial charge in [0.15, 0.2) is 0 Å². The van der Waals surface area contributed by atoms with E-state index in [-0.39, 0.29) is 28.9 Å². The number of carbonyl (C=O) groups is 1. The fourth-order valence-corrected chi connectivity index (χ4v) is 1.92. The van der Waals surface area contributed by atoms with Crippen molar-refractivity contribution in [1.29, 1.82) is 0 Å². The molecule has 1 atom stereocenters. The molecule has 0 aromatic rings. The van der Waals surface area contributed by atoms with Gasteiger partial charge in [-0.25, -0.2) is 0 Å². The third-order valence-electron chi connectivity index (χ3n) is 4.03. The number of hydrogen-bond acceptors (Lipinski definition) is 2. The van der Waals surface area contributed by atoms with Crippen molar-refractivity contribution in [1.82, 2.24) is 5.32 Å². The molecule has 1 rings (SSSR count). The van der Waals surface area contributed by atoms with Gasteiger partial charge >= 0.3 is 0 Å². The zero-order chi connectivity index (χ0) is 11.1. The third-order valence-corrected chi connectivity index (χ3v) is 4.03. The van der Waals surface area contributed by atoms with Crippen LogP contribution in [-0.2, 0) is 9.53 Å². The second-order valence-electron chi connectivity index (χ2n) is 5.26. The number of nitrogens with one attached hydrogen (secondary N) is 1. The summed E-state index contributed by atoms with van der Waals surface area (Å²) < 4.78 is 4.96. The highest BCUT2D eigenvalue weighted by molar-refractivity contribution is 5.81. The molecule has 0 radical (unpaired) electrons. The predicted molar refractivity (Wildman–Crippen MR) is 56.0 cm³/mol. The summed E-state index contributed by atoms with van der Waals surface area (Å²) in [5, 5.41) is 3.02. The lowest BCUT2D eigenvalue weighted by Gasteiger charge is -2.11. The van der Waals surface area contributed by atoms with E-state index in [4.69, 9.17) is 4.74 Å². The van der Waals surface area contributed by atoms with Gasteiger partial charge in [0.2, 0.25) is 5.91 Å². The maximum atomic E-state index is 11.6. The van der Waals surface area contributed by atoms with Crippen LogP contribution >= 0.6 is 0 Å². The smallest absolute Gasteiger partial charge is 0.249 e.